The number of aryl methyl sites for hydroxylation is 1. The molecule has 6 heteroatoms. The van der Waals surface area contributed by atoms with Crippen molar-refractivity contribution in [2.24, 2.45) is 9.85 Å². The molecule has 0 saturated heterocycles. The highest BCUT2D eigenvalue weighted by atomic mass is 31.2. The second-order valence-electron chi connectivity index (χ2n) is 5.32. The summed E-state index contributed by atoms with van der Waals surface area (Å²) in [5.41, 5.74) is 2.22. The van der Waals surface area contributed by atoms with E-state index < -0.39 is 7.36 Å². The molecule has 0 unspecified atom stereocenters. The number of benzene rings is 1. The Balaban J connectivity index is 3.38. The first-order chi connectivity index (χ1) is 9.28. The smallest absolute Gasteiger partial charge is 0.144 e. The second kappa shape index (κ2) is 7.02. The van der Waals surface area contributed by atoms with Gasteiger partial charge in [0.2, 0.25) is 0 Å². The fourth-order valence-corrected chi connectivity index (χ4v) is 4.08. The zero-order valence-electron chi connectivity index (χ0n) is 13.6. The SMILES string of the molecule is Cc1ccc(N=P(/C=N/N(C)C)(N(C)C)N(C)C)cc1. The Kier molecular flexibility index (Phi) is 5.93. The topological polar surface area (TPSA) is 34.4 Å². The minimum absolute atomic E-state index is 0.983. The first-order valence-electron chi connectivity index (χ1n) is 6.54. The summed E-state index contributed by atoms with van der Waals surface area (Å²) < 4.78 is 9.29. The lowest BCUT2D eigenvalue weighted by atomic mass is 10.2. The van der Waals surface area contributed by atoms with Crippen LogP contribution in [0.2, 0.25) is 0 Å². The molecule has 1 aromatic rings. The Hall–Kier alpha value is -1.16. The number of rotatable bonds is 5. The number of nitrogens with zero attached hydrogens (tertiary/aromatic N) is 5. The molecule has 5 nitrogen and oxygen atoms in total. The molecule has 0 bridgehead atoms. The van der Waals surface area contributed by atoms with Gasteiger partial charge < -0.3 is 5.01 Å². The van der Waals surface area contributed by atoms with Crippen molar-refractivity contribution in [1.29, 1.82) is 0 Å². The van der Waals surface area contributed by atoms with E-state index >= 15 is 0 Å². The molecular formula is C14H26N5P. The molecule has 0 fully saturated rings. The van der Waals surface area contributed by atoms with Crippen molar-refractivity contribution >= 4 is 19.0 Å². The highest BCUT2D eigenvalue weighted by Gasteiger charge is 2.23. The van der Waals surface area contributed by atoms with Crippen LogP contribution in [0.3, 0.4) is 0 Å². The van der Waals surface area contributed by atoms with E-state index in [1.54, 1.807) is 5.01 Å². The number of hydrazone groups is 1. The van der Waals surface area contributed by atoms with Gasteiger partial charge in [-0.3, -0.25) is 9.34 Å². The van der Waals surface area contributed by atoms with Crippen molar-refractivity contribution in [3.63, 3.8) is 0 Å². The van der Waals surface area contributed by atoms with Crippen LogP contribution in [0.25, 0.3) is 0 Å². The summed E-state index contributed by atoms with van der Waals surface area (Å²) in [5.74, 6) is 1.97. The molecule has 0 saturated carbocycles. The molecule has 0 aliphatic heterocycles. The van der Waals surface area contributed by atoms with Gasteiger partial charge in [-0.2, -0.15) is 5.10 Å². The van der Waals surface area contributed by atoms with E-state index in [0.29, 0.717) is 0 Å². The first kappa shape index (κ1) is 16.9. The zero-order chi connectivity index (χ0) is 15.3. The molecular weight excluding hydrogens is 269 g/mol. The molecule has 0 radical (unpaired) electrons. The van der Waals surface area contributed by atoms with Crippen LogP contribution in [0.15, 0.2) is 34.1 Å². The van der Waals surface area contributed by atoms with Gasteiger partial charge in [0.05, 0.1) is 11.6 Å². The molecule has 20 heavy (non-hydrogen) atoms. The average molecular weight is 295 g/mol. The third-order valence-electron chi connectivity index (χ3n) is 2.91. The number of hydrogen-bond acceptors (Lipinski definition) is 3. The molecule has 0 spiro atoms. The van der Waals surface area contributed by atoms with Gasteiger partial charge in [0.15, 0.2) is 0 Å². The standard InChI is InChI=1S/C14H26N5P/c1-13-8-10-14(11-9-13)16-20(18(4)5,19(6)7)12-15-17(2)3/h8-12H,1-7H3/b15-12+. The van der Waals surface area contributed by atoms with E-state index in [1.807, 2.05) is 48.2 Å². The van der Waals surface area contributed by atoms with Crippen molar-refractivity contribution in [2.45, 2.75) is 6.92 Å². The highest BCUT2D eigenvalue weighted by Crippen LogP contribution is 2.53. The third-order valence-corrected chi connectivity index (χ3v) is 6.20. The number of hydrogen-bond donors (Lipinski definition) is 0. The molecule has 0 amide bonds. The Bertz CT molecular complexity index is 491. The van der Waals surface area contributed by atoms with Gasteiger partial charge in [-0.1, -0.05) is 17.7 Å². The lowest BCUT2D eigenvalue weighted by Crippen LogP contribution is -2.22. The van der Waals surface area contributed by atoms with Crippen LogP contribution in [0.4, 0.5) is 5.69 Å². The van der Waals surface area contributed by atoms with Crippen molar-refractivity contribution in [2.75, 3.05) is 42.3 Å². The molecule has 112 valence electrons. The summed E-state index contributed by atoms with van der Waals surface area (Å²) in [6.07, 6.45) is 0. The maximum absolute atomic E-state index is 4.99. The summed E-state index contributed by atoms with van der Waals surface area (Å²) >= 11 is 0. The predicted octanol–water partition coefficient (Wildman–Crippen LogP) is 3.29. The molecule has 0 aliphatic rings. The summed E-state index contributed by atoms with van der Waals surface area (Å²) in [6, 6.07) is 8.28. The molecule has 0 atom stereocenters. The largest absolute Gasteiger partial charge is 0.303 e. The lowest BCUT2D eigenvalue weighted by Gasteiger charge is -2.33. The molecule has 0 heterocycles. The van der Waals surface area contributed by atoms with E-state index in [-0.39, 0.29) is 0 Å². The van der Waals surface area contributed by atoms with Crippen LogP contribution in [0.5, 0.6) is 0 Å². The van der Waals surface area contributed by atoms with Crippen LogP contribution in [-0.4, -0.2) is 62.6 Å². The maximum atomic E-state index is 4.99. The Morgan fingerprint density at radius 2 is 1.40 bits per heavy atom. The molecule has 1 aromatic carbocycles. The van der Waals surface area contributed by atoms with E-state index in [4.69, 9.17) is 4.74 Å². The molecule has 0 N–H and O–H groups in total. The van der Waals surface area contributed by atoms with Crippen LogP contribution in [0.1, 0.15) is 5.56 Å². The third kappa shape index (κ3) is 4.17. The normalized spacial score (nSPS) is 12.4. The quantitative estimate of drug-likeness (QED) is 0.475. The Labute approximate surface area is 123 Å². The van der Waals surface area contributed by atoms with Crippen molar-refractivity contribution in [3.8, 4) is 0 Å². The highest BCUT2D eigenvalue weighted by molar-refractivity contribution is 7.76. The van der Waals surface area contributed by atoms with Crippen LogP contribution >= 0.6 is 7.36 Å². The van der Waals surface area contributed by atoms with Crippen molar-refractivity contribution in [3.05, 3.63) is 29.8 Å². The Morgan fingerprint density at radius 3 is 1.80 bits per heavy atom. The summed E-state index contributed by atoms with van der Waals surface area (Å²) in [6.45, 7) is 2.08. The minimum atomic E-state index is -1.97. The van der Waals surface area contributed by atoms with E-state index in [2.05, 4.69) is 45.6 Å². The van der Waals surface area contributed by atoms with Crippen molar-refractivity contribution in [1.82, 2.24) is 14.3 Å². The minimum Gasteiger partial charge on any atom is -0.303 e. The molecule has 1 rings (SSSR count). The summed E-state index contributed by atoms with van der Waals surface area (Å²) in [4.78, 5) is 0. The van der Waals surface area contributed by atoms with Gasteiger partial charge in [-0.25, -0.2) is 4.74 Å². The van der Waals surface area contributed by atoms with Gasteiger partial charge in [-0.05, 0) is 47.2 Å². The Morgan fingerprint density at radius 1 is 0.900 bits per heavy atom. The average Bonchev–Trinajstić information content (AvgIpc) is 2.35. The van der Waals surface area contributed by atoms with Gasteiger partial charge in [0.1, 0.15) is 7.36 Å². The molecule has 0 aromatic heterocycles. The zero-order valence-corrected chi connectivity index (χ0v) is 14.5. The fourth-order valence-electron chi connectivity index (χ4n) is 1.72. The van der Waals surface area contributed by atoms with E-state index in [1.165, 1.54) is 5.56 Å². The lowest BCUT2D eigenvalue weighted by molar-refractivity contribution is 0.440. The monoisotopic (exact) mass is 295 g/mol. The summed E-state index contributed by atoms with van der Waals surface area (Å²) in [5, 5.41) is 6.23. The second-order valence-corrected chi connectivity index (χ2v) is 8.58. The first-order valence-corrected chi connectivity index (χ1v) is 8.26. The maximum Gasteiger partial charge on any atom is 0.144 e. The van der Waals surface area contributed by atoms with Gasteiger partial charge in [0, 0.05) is 14.1 Å². The van der Waals surface area contributed by atoms with Crippen LogP contribution in [0, 0.1) is 6.92 Å². The van der Waals surface area contributed by atoms with Gasteiger partial charge in [0.25, 0.3) is 0 Å². The fraction of sp³-hybridized carbons (Fsp3) is 0.500. The van der Waals surface area contributed by atoms with E-state index in [9.17, 15) is 0 Å². The van der Waals surface area contributed by atoms with Crippen molar-refractivity contribution < 1.29 is 0 Å². The predicted molar refractivity (Wildman–Crippen MR) is 89.7 cm³/mol. The molecule has 0 aliphatic carbocycles. The van der Waals surface area contributed by atoms with E-state index in [0.717, 1.165) is 5.69 Å². The van der Waals surface area contributed by atoms with Gasteiger partial charge in [-0.15, -0.1) is 0 Å². The van der Waals surface area contributed by atoms with Crippen LogP contribution in [-0.2, 0) is 0 Å². The summed E-state index contributed by atoms with van der Waals surface area (Å²) in [7, 11) is 10.1. The van der Waals surface area contributed by atoms with Crippen LogP contribution < -0.4 is 0 Å². The van der Waals surface area contributed by atoms with Gasteiger partial charge >= 0.3 is 0 Å².